The Labute approximate surface area is 123 Å². The molecule has 1 aliphatic rings. The van der Waals surface area contributed by atoms with Crippen LogP contribution in [0.2, 0.25) is 0 Å². The van der Waals surface area contributed by atoms with Crippen molar-refractivity contribution in [2.45, 2.75) is 38.6 Å². The lowest BCUT2D eigenvalue weighted by Crippen LogP contribution is -2.46. The molecule has 1 aromatic rings. The van der Waals surface area contributed by atoms with Gasteiger partial charge in [0.15, 0.2) is 0 Å². The average Bonchev–Trinajstić information content (AvgIpc) is 2.90. The van der Waals surface area contributed by atoms with Crippen LogP contribution in [0.4, 0.5) is 4.79 Å². The summed E-state index contributed by atoms with van der Waals surface area (Å²) in [6, 6.07) is 0.103. The number of piperidine rings is 1. The number of rotatable bonds is 5. The van der Waals surface area contributed by atoms with Crippen LogP contribution in [-0.4, -0.2) is 51.4 Å². The summed E-state index contributed by atoms with van der Waals surface area (Å²) in [4.78, 5) is 24.3. The Bertz CT molecular complexity index is 500. The van der Waals surface area contributed by atoms with Gasteiger partial charge in [-0.2, -0.15) is 5.10 Å². The third-order valence-electron chi connectivity index (χ3n) is 3.63. The molecule has 0 aliphatic carbocycles. The van der Waals surface area contributed by atoms with Crippen molar-refractivity contribution in [1.82, 2.24) is 20.0 Å². The van der Waals surface area contributed by atoms with E-state index in [1.54, 1.807) is 4.90 Å². The van der Waals surface area contributed by atoms with Gasteiger partial charge < -0.3 is 15.3 Å². The second-order valence-electron chi connectivity index (χ2n) is 5.47. The maximum absolute atomic E-state index is 12.1. The number of aryl methyl sites for hydroxylation is 1. The minimum absolute atomic E-state index is 0.0788. The zero-order valence-corrected chi connectivity index (χ0v) is 12.3. The monoisotopic (exact) mass is 294 g/mol. The van der Waals surface area contributed by atoms with Crippen molar-refractivity contribution in [3.8, 4) is 0 Å². The number of amides is 2. The summed E-state index contributed by atoms with van der Waals surface area (Å²) in [5.41, 5.74) is 1.12. The number of hydrogen-bond acceptors (Lipinski definition) is 3. The number of aliphatic carboxylic acids is 1. The molecular formula is C14H22N4O3. The first-order valence-corrected chi connectivity index (χ1v) is 7.31. The molecule has 2 rings (SSSR count). The molecule has 0 aromatic carbocycles. The smallest absolute Gasteiger partial charge is 0.317 e. The van der Waals surface area contributed by atoms with Crippen LogP contribution in [0.3, 0.4) is 0 Å². The number of likely N-dealkylation sites (tertiary alicyclic amines) is 1. The number of carbonyl (C=O) groups excluding carboxylic acids is 1. The molecule has 1 unspecified atom stereocenters. The lowest BCUT2D eigenvalue weighted by atomic mass is 10.1. The highest BCUT2D eigenvalue weighted by atomic mass is 16.4. The first kappa shape index (κ1) is 15.3. The van der Waals surface area contributed by atoms with Crippen LogP contribution in [-0.2, 0) is 4.79 Å². The van der Waals surface area contributed by atoms with Gasteiger partial charge in [-0.3, -0.25) is 9.48 Å². The molecule has 0 spiro atoms. The molecule has 0 bridgehead atoms. The summed E-state index contributed by atoms with van der Waals surface area (Å²) in [5.74, 6) is -0.837. The normalized spacial score (nSPS) is 18.5. The van der Waals surface area contributed by atoms with E-state index in [2.05, 4.69) is 10.4 Å². The number of nitrogens with zero attached hydrogens (tertiary/aromatic N) is 3. The Kier molecular flexibility index (Phi) is 5.19. The zero-order valence-electron chi connectivity index (χ0n) is 12.3. The van der Waals surface area contributed by atoms with E-state index in [4.69, 9.17) is 5.11 Å². The van der Waals surface area contributed by atoms with Gasteiger partial charge in [0.1, 0.15) is 0 Å². The highest BCUT2D eigenvalue weighted by Gasteiger charge is 2.24. The number of carbonyl (C=O) groups is 2. The molecule has 0 radical (unpaired) electrons. The van der Waals surface area contributed by atoms with Gasteiger partial charge in [-0.1, -0.05) is 0 Å². The van der Waals surface area contributed by atoms with Crippen molar-refractivity contribution >= 4 is 12.0 Å². The molecule has 2 amide bonds. The Morgan fingerprint density at radius 1 is 1.52 bits per heavy atom. The van der Waals surface area contributed by atoms with Gasteiger partial charge in [0.25, 0.3) is 0 Å². The van der Waals surface area contributed by atoms with Crippen molar-refractivity contribution in [2.24, 2.45) is 0 Å². The van der Waals surface area contributed by atoms with E-state index in [1.165, 1.54) is 0 Å². The summed E-state index contributed by atoms with van der Waals surface area (Å²) in [6.07, 6.45) is 6.33. The van der Waals surface area contributed by atoms with Gasteiger partial charge in [-0.15, -0.1) is 0 Å². The molecular weight excluding hydrogens is 272 g/mol. The van der Waals surface area contributed by atoms with Crippen molar-refractivity contribution in [3.05, 3.63) is 18.0 Å². The predicted molar refractivity (Wildman–Crippen MR) is 77.1 cm³/mol. The maximum atomic E-state index is 12.1. The third-order valence-corrected chi connectivity index (χ3v) is 3.63. The average molecular weight is 294 g/mol. The second-order valence-corrected chi connectivity index (χ2v) is 5.47. The van der Waals surface area contributed by atoms with E-state index < -0.39 is 5.97 Å². The van der Waals surface area contributed by atoms with Gasteiger partial charge in [0.2, 0.25) is 0 Å². The highest BCUT2D eigenvalue weighted by Crippen LogP contribution is 2.21. The first-order valence-electron chi connectivity index (χ1n) is 7.31. The molecule has 7 nitrogen and oxygen atoms in total. The summed E-state index contributed by atoms with van der Waals surface area (Å²) in [7, 11) is 0. The van der Waals surface area contributed by atoms with E-state index in [9.17, 15) is 9.59 Å². The molecule has 2 N–H and O–H groups in total. The number of carboxylic acids is 1. The summed E-state index contributed by atoms with van der Waals surface area (Å²) in [6.45, 7) is 3.78. The van der Waals surface area contributed by atoms with Crippen LogP contribution >= 0.6 is 0 Å². The molecule has 116 valence electrons. The van der Waals surface area contributed by atoms with E-state index in [1.807, 2.05) is 24.0 Å². The van der Waals surface area contributed by atoms with Crippen LogP contribution in [0.1, 0.15) is 37.3 Å². The number of aromatic nitrogens is 2. The Morgan fingerprint density at radius 2 is 2.33 bits per heavy atom. The maximum Gasteiger partial charge on any atom is 0.317 e. The van der Waals surface area contributed by atoms with Gasteiger partial charge in [0.05, 0.1) is 12.2 Å². The predicted octanol–water partition coefficient (Wildman–Crippen LogP) is 1.40. The molecule has 1 atom stereocenters. The van der Waals surface area contributed by atoms with Crippen molar-refractivity contribution in [3.63, 3.8) is 0 Å². The lowest BCUT2D eigenvalue weighted by Gasteiger charge is -2.32. The van der Waals surface area contributed by atoms with Crippen LogP contribution in [0.25, 0.3) is 0 Å². The topological polar surface area (TPSA) is 87.5 Å². The largest absolute Gasteiger partial charge is 0.481 e. The molecule has 1 aromatic heterocycles. The number of hydrogen-bond donors (Lipinski definition) is 2. The fourth-order valence-electron chi connectivity index (χ4n) is 2.53. The van der Waals surface area contributed by atoms with Crippen molar-refractivity contribution < 1.29 is 14.7 Å². The molecule has 2 heterocycles. The summed E-state index contributed by atoms with van der Waals surface area (Å²) >= 11 is 0. The molecule has 0 saturated carbocycles. The van der Waals surface area contributed by atoms with Gasteiger partial charge >= 0.3 is 12.0 Å². The Morgan fingerprint density at radius 3 is 3.00 bits per heavy atom. The van der Waals surface area contributed by atoms with Crippen LogP contribution < -0.4 is 5.32 Å². The first-order chi connectivity index (χ1) is 10.1. The highest BCUT2D eigenvalue weighted by molar-refractivity contribution is 5.74. The van der Waals surface area contributed by atoms with Crippen LogP contribution in [0.5, 0.6) is 0 Å². The van der Waals surface area contributed by atoms with Crippen molar-refractivity contribution in [1.29, 1.82) is 0 Å². The number of nitrogens with one attached hydrogen (secondary N) is 1. The summed E-state index contributed by atoms with van der Waals surface area (Å²) < 4.78 is 1.93. The summed E-state index contributed by atoms with van der Waals surface area (Å²) in [5, 5.41) is 15.7. The zero-order chi connectivity index (χ0) is 15.2. The van der Waals surface area contributed by atoms with Crippen molar-refractivity contribution in [2.75, 3.05) is 19.6 Å². The fourth-order valence-corrected chi connectivity index (χ4v) is 2.53. The second kappa shape index (κ2) is 7.10. The van der Waals surface area contributed by atoms with Gasteiger partial charge in [0, 0.05) is 32.3 Å². The van der Waals surface area contributed by atoms with Crippen LogP contribution in [0.15, 0.2) is 12.4 Å². The third kappa shape index (κ3) is 4.47. The SMILES string of the molecule is Cc1cnn(C2CCCN(C(=O)NCCCC(=O)O)C2)c1. The van der Waals surface area contributed by atoms with E-state index in [-0.39, 0.29) is 18.5 Å². The Hall–Kier alpha value is -2.05. The molecule has 1 fully saturated rings. The number of urea groups is 1. The standard InChI is InChI=1S/C14H22N4O3/c1-11-8-16-18(9-11)12-4-3-7-17(10-12)14(21)15-6-2-5-13(19)20/h8-9,12H,2-7,10H2,1H3,(H,15,21)(H,19,20). The minimum atomic E-state index is -0.837. The van der Waals surface area contributed by atoms with Crippen LogP contribution in [0, 0.1) is 6.92 Å². The van der Waals surface area contributed by atoms with E-state index >= 15 is 0 Å². The number of carboxylic acid groups (broad SMARTS) is 1. The molecule has 1 saturated heterocycles. The van der Waals surface area contributed by atoms with E-state index in [0.29, 0.717) is 19.5 Å². The van der Waals surface area contributed by atoms with Gasteiger partial charge in [-0.05, 0) is 31.7 Å². The molecule has 7 heteroatoms. The molecule has 21 heavy (non-hydrogen) atoms. The molecule has 1 aliphatic heterocycles. The Balaban J connectivity index is 1.80. The van der Waals surface area contributed by atoms with Gasteiger partial charge in [-0.25, -0.2) is 4.79 Å². The van der Waals surface area contributed by atoms with E-state index in [0.717, 1.165) is 24.9 Å². The quantitative estimate of drug-likeness (QED) is 0.804. The lowest BCUT2D eigenvalue weighted by molar-refractivity contribution is -0.137. The minimum Gasteiger partial charge on any atom is -0.481 e. The fraction of sp³-hybridized carbons (Fsp3) is 0.643.